The van der Waals surface area contributed by atoms with Gasteiger partial charge in [0.2, 0.25) is 12.3 Å². The maximum Gasteiger partial charge on any atom is 0.242 e. The fourth-order valence-electron chi connectivity index (χ4n) is 0.977. The molecule has 0 heterocycles. The molecular weight excluding hydrogens is 168 g/mol. The molecule has 2 amide bonds. The van der Waals surface area contributed by atoms with Gasteiger partial charge in [-0.05, 0) is 12.1 Å². The zero-order valence-electron chi connectivity index (χ0n) is 7.23. The van der Waals surface area contributed by atoms with Crippen LogP contribution in [0.15, 0.2) is 30.3 Å². The summed E-state index contributed by atoms with van der Waals surface area (Å²) in [5.41, 5.74) is 2.94. The van der Waals surface area contributed by atoms with Crippen LogP contribution < -0.4 is 10.4 Å². The van der Waals surface area contributed by atoms with Crippen molar-refractivity contribution in [1.82, 2.24) is 5.43 Å². The van der Waals surface area contributed by atoms with E-state index < -0.39 is 0 Å². The highest BCUT2D eigenvalue weighted by molar-refractivity contribution is 5.92. The molecule has 0 saturated carbocycles. The van der Waals surface area contributed by atoms with Crippen molar-refractivity contribution in [2.45, 2.75) is 6.92 Å². The van der Waals surface area contributed by atoms with E-state index >= 15 is 0 Å². The van der Waals surface area contributed by atoms with Crippen molar-refractivity contribution < 1.29 is 9.59 Å². The van der Waals surface area contributed by atoms with Crippen LogP contribution in [0.1, 0.15) is 6.92 Å². The second-order valence-electron chi connectivity index (χ2n) is 2.44. The van der Waals surface area contributed by atoms with Crippen molar-refractivity contribution in [2.24, 2.45) is 0 Å². The van der Waals surface area contributed by atoms with Gasteiger partial charge < -0.3 is 0 Å². The van der Waals surface area contributed by atoms with Crippen LogP contribution in [0.4, 0.5) is 5.69 Å². The first-order chi connectivity index (χ1) is 6.25. The molecule has 1 rings (SSSR count). The standard InChI is InChI=1S/C9H10N2O2/c1-8(13)11(10-7-12)9-5-3-2-4-6-9/h2-7H,1H3,(H,10,12). The lowest BCUT2D eigenvalue weighted by atomic mass is 10.3. The number of amides is 2. The van der Waals surface area contributed by atoms with Crippen molar-refractivity contribution in [3.8, 4) is 0 Å². The Labute approximate surface area is 76.1 Å². The molecule has 4 nitrogen and oxygen atoms in total. The summed E-state index contributed by atoms with van der Waals surface area (Å²) in [7, 11) is 0. The molecule has 0 atom stereocenters. The van der Waals surface area contributed by atoms with Crippen LogP contribution in [0.3, 0.4) is 0 Å². The largest absolute Gasteiger partial charge is 0.277 e. The van der Waals surface area contributed by atoms with E-state index in [0.29, 0.717) is 12.1 Å². The van der Waals surface area contributed by atoms with Crippen molar-refractivity contribution in [3.63, 3.8) is 0 Å². The number of hydrogen-bond donors (Lipinski definition) is 1. The minimum atomic E-state index is -0.238. The molecule has 4 heteroatoms. The third-order valence-corrected chi connectivity index (χ3v) is 1.51. The summed E-state index contributed by atoms with van der Waals surface area (Å²) in [6.07, 6.45) is 0.467. The van der Waals surface area contributed by atoms with E-state index in [-0.39, 0.29) is 5.91 Å². The number of anilines is 1. The van der Waals surface area contributed by atoms with Gasteiger partial charge in [0, 0.05) is 6.92 Å². The molecule has 0 aliphatic rings. The SMILES string of the molecule is CC(=O)N(NC=O)c1ccccc1. The van der Waals surface area contributed by atoms with Gasteiger partial charge in [0.25, 0.3) is 0 Å². The number of nitrogens with zero attached hydrogens (tertiary/aromatic N) is 1. The first kappa shape index (κ1) is 9.25. The van der Waals surface area contributed by atoms with E-state index in [1.165, 1.54) is 11.9 Å². The summed E-state index contributed by atoms with van der Waals surface area (Å²) in [4.78, 5) is 21.2. The van der Waals surface area contributed by atoms with Gasteiger partial charge in [0.15, 0.2) is 0 Å². The number of hydrogen-bond acceptors (Lipinski definition) is 2. The normalized spacial score (nSPS) is 9.00. The number of benzene rings is 1. The molecule has 0 spiro atoms. The van der Waals surface area contributed by atoms with Gasteiger partial charge in [-0.25, -0.2) is 5.01 Å². The highest BCUT2D eigenvalue weighted by Crippen LogP contribution is 2.09. The lowest BCUT2D eigenvalue weighted by Crippen LogP contribution is -2.40. The Morgan fingerprint density at radius 2 is 2.00 bits per heavy atom. The molecule has 0 bridgehead atoms. The van der Waals surface area contributed by atoms with Crippen LogP contribution in [0.5, 0.6) is 0 Å². The van der Waals surface area contributed by atoms with Gasteiger partial charge in [0.05, 0.1) is 5.69 Å². The van der Waals surface area contributed by atoms with Crippen LogP contribution in [-0.2, 0) is 9.59 Å². The highest BCUT2D eigenvalue weighted by Gasteiger charge is 2.08. The lowest BCUT2D eigenvalue weighted by molar-refractivity contribution is -0.119. The van der Waals surface area contributed by atoms with E-state index in [1.54, 1.807) is 24.3 Å². The van der Waals surface area contributed by atoms with Crippen molar-refractivity contribution in [1.29, 1.82) is 0 Å². The third kappa shape index (κ3) is 2.30. The molecule has 1 N–H and O–H groups in total. The monoisotopic (exact) mass is 178 g/mol. The Morgan fingerprint density at radius 3 is 2.46 bits per heavy atom. The highest BCUT2D eigenvalue weighted by atomic mass is 16.2. The number of carbonyl (C=O) groups excluding carboxylic acids is 2. The zero-order chi connectivity index (χ0) is 9.68. The second-order valence-corrected chi connectivity index (χ2v) is 2.44. The van der Waals surface area contributed by atoms with Gasteiger partial charge in [0.1, 0.15) is 0 Å². The first-order valence-corrected chi connectivity index (χ1v) is 3.81. The number of nitrogens with one attached hydrogen (secondary N) is 1. The Balaban J connectivity index is 2.88. The van der Waals surface area contributed by atoms with E-state index in [0.717, 1.165) is 0 Å². The minimum absolute atomic E-state index is 0.238. The summed E-state index contributed by atoms with van der Waals surface area (Å²) >= 11 is 0. The quantitative estimate of drug-likeness (QED) is 0.547. The van der Waals surface area contributed by atoms with Gasteiger partial charge >= 0.3 is 0 Å². The van der Waals surface area contributed by atoms with Crippen LogP contribution in [0.2, 0.25) is 0 Å². The van der Waals surface area contributed by atoms with Gasteiger partial charge in [-0.15, -0.1) is 0 Å². The molecule has 13 heavy (non-hydrogen) atoms. The number of carbonyl (C=O) groups is 2. The fourth-order valence-corrected chi connectivity index (χ4v) is 0.977. The molecule has 0 aliphatic heterocycles. The molecule has 0 aliphatic carbocycles. The average molecular weight is 178 g/mol. The second kappa shape index (κ2) is 4.25. The molecule has 0 saturated heterocycles. The predicted octanol–water partition coefficient (Wildman–Crippen LogP) is 0.700. The van der Waals surface area contributed by atoms with Gasteiger partial charge in [-0.2, -0.15) is 0 Å². The van der Waals surface area contributed by atoms with Crippen LogP contribution >= 0.6 is 0 Å². The van der Waals surface area contributed by atoms with E-state index in [4.69, 9.17) is 0 Å². The smallest absolute Gasteiger partial charge is 0.242 e. The van der Waals surface area contributed by atoms with E-state index in [2.05, 4.69) is 5.43 Å². The van der Waals surface area contributed by atoms with Crippen molar-refractivity contribution in [3.05, 3.63) is 30.3 Å². The minimum Gasteiger partial charge on any atom is -0.277 e. The first-order valence-electron chi connectivity index (χ1n) is 3.81. The van der Waals surface area contributed by atoms with Gasteiger partial charge in [-0.1, -0.05) is 18.2 Å². The van der Waals surface area contributed by atoms with Crippen molar-refractivity contribution >= 4 is 18.0 Å². The van der Waals surface area contributed by atoms with E-state index in [9.17, 15) is 9.59 Å². The number of para-hydroxylation sites is 1. The van der Waals surface area contributed by atoms with Crippen LogP contribution in [0, 0.1) is 0 Å². The molecule has 1 aromatic rings. The summed E-state index contributed by atoms with van der Waals surface area (Å²) in [5, 5.41) is 1.17. The third-order valence-electron chi connectivity index (χ3n) is 1.51. The summed E-state index contributed by atoms with van der Waals surface area (Å²) < 4.78 is 0. The Hall–Kier alpha value is -1.84. The molecule has 0 aromatic heterocycles. The topological polar surface area (TPSA) is 49.4 Å². The molecule has 68 valence electrons. The molecule has 0 radical (unpaired) electrons. The fraction of sp³-hybridized carbons (Fsp3) is 0.111. The Kier molecular flexibility index (Phi) is 3.03. The van der Waals surface area contributed by atoms with Crippen LogP contribution in [-0.4, -0.2) is 12.3 Å². The predicted molar refractivity (Wildman–Crippen MR) is 48.8 cm³/mol. The molecule has 0 unspecified atom stereocenters. The molecule has 1 aromatic carbocycles. The van der Waals surface area contributed by atoms with Crippen LogP contribution in [0.25, 0.3) is 0 Å². The molecular formula is C9H10N2O2. The Morgan fingerprint density at radius 1 is 1.38 bits per heavy atom. The lowest BCUT2D eigenvalue weighted by Gasteiger charge is -2.18. The number of hydrazine groups is 1. The Bertz CT molecular complexity index is 298. The van der Waals surface area contributed by atoms with Gasteiger partial charge in [-0.3, -0.25) is 15.0 Å². The van der Waals surface area contributed by atoms with E-state index in [1.807, 2.05) is 6.07 Å². The molecule has 0 fully saturated rings. The maximum absolute atomic E-state index is 11.0. The maximum atomic E-state index is 11.0. The summed E-state index contributed by atoms with van der Waals surface area (Å²) in [6.45, 7) is 1.38. The summed E-state index contributed by atoms with van der Waals surface area (Å²) in [6, 6.07) is 8.88. The average Bonchev–Trinajstić information content (AvgIpc) is 2.15. The zero-order valence-corrected chi connectivity index (χ0v) is 7.23. The summed E-state index contributed by atoms with van der Waals surface area (Å²) in [5.74, 6) is -0.238. The number of rotatable bonds is 3. The van der Waals surface area contributed by atoms with Crippen molar-refractivity contribution in [2.75, 3.05) is 5.01 Å².